The van der Waals surface area contributed by atoms with E-state index in [4.69, 9.17) is 9.47 Å². The van der Waals surface area contributed by atoms with Crippen molar-refractivity contribution >= 4 is 107 Å². The first kappa shape index (κ1) is 59.4. The molecular weight excluding hydrogens is 1020 g/mol. The number of fused-ring (bicyclic) bond motifs is 2. The molecule has 408 valence electrons. The van der Waals surface area contributed by atoms with Crippen LogP contribution in [0.15, 0.2) is 60.9 Å². The maximum atomic E-state index is 14.3. The number of carbonyl (C=O) groups is 10. The summed E-state index contributed by atoms with van der Waals surface area (Å²) in [7, 11) is 5.17. The number of hydrogen-bond acceptors (Lipinski definition) is 18. The van der Waals surface area contributed by atoms with Crippen molar-refractivity contribution in [1.29, 1.82) is 0 Å². The van der Waals surface area contributed by atoms with Gasteiger partial charge in [-0.2, -0.15) is 25.3 Å². The largest absolute Gasteiger partial charge is 0.461 e. The first-order valence-corrected chi connectivity index (χ1v) is 25.5. The second-order valence-corrected chi connectivity index (χ2v) is 19.6. The van der Waals surface area contributed by atoms with Gasteiger partial charge in [0, 0.05) is 39.7 Å². The molecule has 0 aliphatic carbocycles. The average Bonchev–Trinajstić information content (AvgIpc) is 3.39. The quantitative estimate of drug-likeness (QED) is 0.100. The van der Waals surface area contributed by atoms with Crippen LogP contribution in [0, 0.1) is 11.8 Å². The topological polar surface area (TPSA) is 302 Å². The van der Waals surface area contributed by atoms with E-state index in [1.807, 2.05) is 0 Å². The SMILES string of the molecule is CC1NC(=O)C(NC(=O)c2cnc3ccccc3n2)COC(=O)[C@@H](C(C)C)N(C)C(=O)[C@H](CS)N(C)C(=O)C(C)NC(=O)[C@@H](NC(=O)c2cnc3ccccc3n2)COC(=O)C(C(C)C)N(C)C(=O)[C@H](CS)N(C)C1=O. The lowest BCUT2D eigenvalue weighted by molar-refractivity contribution is -0.160. The highest BCUT2D eigenvalue weighted by Gasteiger charge is 2.41. The molecule has 76 heavy (non-hydrogen) atoms. The number of thiol groups is 2. The maximum Gasteiger partial charge on any atom is 0.329 e. The van der Waals surface area contributed by atoms with E-state index in [9.17, 15) is 47.9 Å². The molecule has 2 aromatic heterocycles. The summed E-state index contributed by atoms with van der Waals surface area (Å²) in [6, 6.07) is 1.90. The Morgan fingerprint density at radius 1 is 0.566 bits per heavy atom. The summed E-state index contributed by atoms with van der Waals surface area (Å²) in [5.41, 5.74) is 1.30. The fourth-order valence-corrected chi connectivity index (χ4v) is 9.17. The van der Waals surface area contributed by atoms with Gasteiger partial charge >= 0.3 is 11.9 Å². The van der Waals surface area contributed by atoms with Gasteiger partial charge in [0.25, 0.3) is 11.8 Å². The third-order valence-electron chi connectivity index (χ3n) is 12.7. The Hall–Kier alpha value is -7.48. The molecule has 26 heteroatoms. The van der Waals surface area contributed by atoms with Gasteiger partial charge in [-0.15, -0.1) is 0 Å². The van der Waals surface area contributed by atoms with Gasteiger partial charge in [-0.25, -0.2) is 19.6 Å². The second-order valence-electron chi connectivity index (χ2n) is 18.8. The van der Waals surface area contributed by atoms with Crippen LogP contribution in [0.4, 0.5) is 0 Å². The van der Waals surface area contributed by atoms with E-state index in [-0.39, 0.29) is 22.9 Å². The number of ether oxygens (including phenoxy) is 2. The minimum Gasteiger partial charge on any atom is -0.461 e. The van der Waals surface area contributed by atoms with Crippen molar-refractivity contribution in [2.75, 3.05) is 52.9 Å². The van der Waals surface area contributed by atoms with Crippen molar-refractivity contribution in [3.05, 3.63) is 72.3 Å². The molecule has 1 aliphatic heterocycles. The molecule has 1 fully saturated rings. The van der Waals surface area contributed by atoms with Crippen molar-refractivity contribution in [3.63, 3.8) is 0 Å². The molecule has 24 nitrogen and oxygen atoms in total. The van der Waals surface area contributed by atoms with Crippen LogP contribution in [0.3, 0.4) is 0 Å². The summed E-state index contributed by atoms with van der Waals surface area (Å²) in [6.07, 6.45) is 2.37. The lowest BCUT2D eigenvalue weighted by Crippen LogP contribution is -2.60. The molecule has 8 amide bonds. The highest BCUT2D eigenvalue weighted by atomic mass is 32.1. The Morgan fingerprint density at radius 3 is 1.21 bits per heavy atom. The summed E-state index contributed by atoms with van der Waals surface area (Å²) in [5, 5.41) is 10.0. The van der Waals surface area contributed by atoms with Gasteiger partial charge in [0.05, 0.1) is 34.5 Å². The third kappa shape index (κ3) is 14.1. The van der Waals surface area contributed by atoms with Crippen LogP contribution in [0.1, 0.15) is 62.5 Å². The Labute approximate surface area is 450 Å². The Morgan fingerprint density at radius 2 is 0.895 bits per heavy atom. The average molecular weight is 1090 g/mol. The molecule has 1 saturated heterocycles. The highest BCUT2D eigenvalue weighted by molar-refractivity contribution is 7.80. The number of nitrogens with zero attached hydrogens (tertiary/aromatic N) is 8. The molecule has 0 radical (unpaired) electrons. The van der Waals surface area contributed by atoms with E-state index < -0.39 is 133 Å². The lowest BCUT2D eigenvalue weighted by Gasteiger charge is -2.36. The van der Waals surface area contributed by atoms with E-state index in [1.54, 1.807) is 76.2 Å². The zero-order chi connectivity index (χ0) is 56.3. The number of likely N-dealkylation sites (N-methyl/N-ethyl adjacent to an activating group) is 4. The van der Waals surface area contributed by atoms with Gasteiger partial charge in [0.2, 0.25) is 35.4 Å². The number of benzene rings is 2. The number of para-hydroxylation sites is 4. The fraction of sp³-hybridized carbons (Fsp3) is 0.480. The first-order chi connectivity index (χ1) is 35.9. The van der Waals surface area contributed by atoms with E-state index in [0.29, 0.717) is 22.1 Å². The van der Waals surface area contributed by atoms with Crippen LogP contribution in [-0.4, -0.2) is 200 Å². The minimum atomic E-state index is -1.69. The van der Waals surface area contributed by atoms with Crippen molar-refractivity contribution < 1.29 is 57.4 Å². The molecule has 2 aromatic carbocycles. The molecule has 4 N–H and O–H groups in total. The molecule has 4 unspecified atom stereocenters. The zero-order valence-corrected chi connectivity index (χ0v) is 45.5. The molecule has 3 heterocycles. The smallest absolute Gasteiger partial charge is 0.329 e. The maximum absolute atomic E-state index is 14.3. The fourth-order valence-electron chi connectivity index (χ4n) is 8.37. The molecule has 8 atom stereocenters. The van der Waals surface area contributed by atoms with Gasteiger partial charge in [0.1, 0.15) is 72.9 Å². The normalized spacial score (nSPS) is 23.9. The Balaban J connectivity index is 1.51. The predicted molar refractivity (Wildman–Crippen MR) is 282 cm³/mol. The van der Waals surface area contributed by atoms with E-state index in [0.717, 1.165) is 19.6 Å². The number of nitrogens with one attached hydrogen (secondary N) is 4. The van der Waals surface area contributed by atoms with Crippen LogP contribution < -0.4 is 21.3 Å². The predicted octanol–water partition coefficient (Wildman–Crippen LogP) is 0.0590. The Kier molecular flexibility index (Phi) is 20.6. The molecule has 1 aliphatic rings. The summed E-state index contributed by atoms with van der Waals surface area (Å²) < 4.78 is 11.3. The number of aromatic nitrogens is 4. The van der Waals surface area contributed by atoms with Crippen LogP contribution in [0.2, 0.25) is 0 Å². The van der Waals surface area contributed by atoms with Gasteiger partial charge in [0.15, 0.2) is 0 Å². The van der Waals surface area contributed by atoms with E-state index in [1.165, 1.54) is 54.4 Å². The summed E-state index contributed by atoms with van der Waals surface area (Å²) in [6.45, 7) is 7.46. The molecule has 0 bridgehead atoms. The summed E-state index contributed by atoms with van der Waals surface area (Å²) >= 11 is 8.72. The highest BCUT2D eigenvalue weighted by Crippen LogP contribution is 2.19. The van der Waals surface area contributed by atoms with Gasteiger partial charge in [-0.3, -0.25) is 48.3 Å². The third-order valence-corrected chi connectivity index (χ3v) is 13.4. The number of esters is 2. The Bertz CT molecular complexity index is 2670. The van der Waals surface area contributed by atoms with Crippen LogP contribution in [0.25, 0.3) is 22.1 Å². The number of carbonyl (C=O) groups excluding carboxylic acids is 10. The minimum absolute atomic E-state index is 0.199. The molecule has 5 rings (SSSR count). The standard InChI is InChI=1S/C50H64N12O12S2/c1-25(2)39-49(71)73-21-35(57-41(63)33-19-51-29-15-11-13-17-31(29)55-33)43(65)53-28(6)46(68)60(8)38(24-76)48(70)62(10)40(26(3)4)50(72)74-22-36(58-42(64)34-20-52-30-16-12-14-18-32(30)56-34)44(66)54-27(5)45(67)59(7)37(23-75)47(69)61(39)9/h11-20,25-28,35-40,75-76H,21-24H2,1-10H3,(H,53,65)(H,54,66)(H,57,63)(H,58,64)/t27?,28?,35-,36?,37-,38-,39?,40+/m0/s1. The number of cyclic esters (lactones) is 2. The zero-order valence-electron chi connectivity index (χ0n) is 43.7. The van der Waals surface area contributed by atoms with Crippen molar-refractivity contribution in [2.24, 2.45) is 11.8 Å². The number of hydrogen-bond donors (Lipinski definition) is 6. The van der Waals surface area contributed by atoms with E-state index in [2.05, 4.69) is 66.5 Å². The second kappa shape index (κ2) is 26.3. The molecule has 0 spiro atoms. The van der Waals surface area contributed by atoms with Crippen LogP contribution >= 0.6 is 25.3 Å². The van der Waals surface area contributed by atoms with Crippen molar-refractivity contribution in [2.45, 2.75) is 89.9 Å². The summed E-state index contributed by atoms with van der Waals surface area (Å²) in [5.74, 6) is -10.8. The van der Waals surface area contributed by atoms with E-state index >= 15 is 0 Å². The number of rotatable bonds is 8. The van der Waals surface area contributed by atoms with Crippen LogP contribution in [0.5, 0.6) is 0 Å². The van der Waals surface area contributed by atoms with Gasteiger partial charge in [-0.1, -0.05) is 52.0 Å². The number of amides is 8. The van der Waals surface area contributed by atoms with Crippen molar-refractivity contribution in [1.82, 2.24) is 60.8 Å². The first-order valence-electron chi connectivity index (χ1n) is 24.2. The van der Waals surface area contributed by atoms with Gasteiger partial charge in [-0.05, 0) is 49.9 Å². The monoisotopic (exact) mass is 1090 g/mol. The van der Waals surface area contributed by atoms with Crippen molar-refractivity contribution in [3.8, 4) is 0 Å². The van der Waals surface area contributed by atoms with Gasteiger partial charge < -0.3 is 50.3 Å². The molecule has 4 aromatic rings. The molecule has 0 saturated carbocycles. The summed E-state index contributed by atoms with van der Waals surface area (Å²) in [4.78, 5) is 162. The molecular formula is C50H64N12O12S2. The lowest BCUT2D eigenvalue weighted by atomic mass is 10.0. The van der Waals surface area contributed by atoms with Crippen LogP contribution in [-0.2, 0) is 47.8 Å².